The topological polar surface area (TPSA) is 96.5 Å². The average molecular weight is 682 g/mol. The molecule has 3 aliphatic heterocycles. The van der Waals surface area contributed by atoms with Gasteiger partial charge in [0.1, 0.15) is 0 Å². The summed E-state index contributed by atoms with van der Waals surface area (Å²) in [6, 6.07) is 7.63. The highest BCUT2D eigenvalue weighted by atomic mass is 32.2. The Balaban J connectivity index is 0.000000474. The van der Waals surface area contributed by atoms with Crippen molar-refractivity contribution in [1.82, 2.24) is 20.2 Å². The second-order valence-electron chi connectivity index (χ2n) is 13.8. The molecule has 11 heteroatoms. The molecule has 2 fully saturated rings. The minimum atomic E-state index is -0.481. The van der Waals surface area contributed by atoms with Crippen molar-refractivity contribution in [1.29, 1.82) is 0 Å². The Morgan fingerprint density at radius 3 is 2.66 bits per heavy atom. The van der Waals surface area contributed by atoms with Crippen LogP contribution in [0.4, 0.5) is 9.57 Å². The first-order valence-corrected chi connectivity index (χ1v) is 18.4. The molecule has 2 aromatic heterocycles. The molecule has 1 saturated carbocycles. The van der Waals surface area contributed by atoms with Gasteiger partial charge in [0.25, 0.3) is 11.8 Å². The predicted octanol–water partition coefficient (Wildman–Crippen LogP) is 7.65. The Labute approximate surface area is 287 Å². The van der Waals surface area contributed by atoms with Crippen molar-refractivity contribution in [3.63, 3.8) is 0 Å². The van der Waals surface area contributed by atoms with Gasteiger partial charge in [-0.25, -0.2) is 0 Å². The summed E-state index contributed by atoms with van der Waals surface area (Å²) in [5.74, 6) is 1.15. The lowest BCUT2D eigenvalue weighted by Crippen LogP contribution is -2.43. The molecule has 0 radical (unpaired) electrons. The lowest BCUT2D eigenvalue weighted by molar-refractivity contribution is -0.114. The SMILES string of the molecule is Cc1cccc(C2=CC3(C)CC(=C(C(=O)Nc4cc(C(=O)NCCN5CCCC5(C)C)cnc4C)CO3)S2)n1.FSCCC1CCC1. The van der Waals surface area contributed by atoms with Crippen molar-refractivity contribution in [3.05, 3.63) is 69.7 Å². The first-order chi connectivity index (χ1) is 22.5. The molecule has 0 spiro atoms. The normalized spacial score (nSPS) is 22.1. The Hall–Kier alpha value is -2.73. The van der Waals surface area contributed by atoms with E-state index >= 15 is 0 Å². The van der Waals surface area contributed by atoms with Crippen molar-refractivity contribution >= 4 is 46.3 Å². The zero-order chi connectivity index (χ0) is 33.6. The van der Waals surface area contributed by atoms with E-state index in [1.807, 2.05) is 39.0 Å². The van der Waals surface area contributed by atoms with E-state index in [2.05, 4.69) is 45.4 Å². The van der Waals surface area contributed by atoms with Gasteiger partial charge in [-0.1, -0.05) is 37.1 Å². The van der Waals surface area contributed by atoms with E-state index < -0.39 is 5.60 Å². The van der Waals surface area contributed by atoms with E-state index in [-0.39, 0.29) is 24.0 Å². The largest absolute Gasteiger partial charge is 0.366 e. The van der Waals surface area contributed by atoms with E-state index in [1.54, 1.807) is 24.0 Å². The highest BCUT2D eigenvalue weighted by Crippen LogP contribution is 2.49. The second kappa shape index (κ2) is 15.7. The summed E-state index contributed by atoms with van der Waals surface area (Å²) >= 11 is 2.06. The van der Waals surface area contributed by atoms with Gasteiger partial charge in [-0.15, -0.1) is 0 Å². The van der Waals surface area contributed by atoms with Gasteiger partial charge in [0.15, 0.2) is 0 Å². The van der Waals surface area contributed by atoms with Gasteiger partial charge >= 0.3 is 0 Å². The molecule has 2 bridgehead atoms. The van der Waals surface area contributed by atoms with E-state index in [0.29, 0.717) is 53.4 Å². The van der Waals surface area contributed by atoms with Crippen LogP contribution in [0.5, 0.6) is 0 Å². The quantitative estimate of drug-likeness (QED) is 0.264. The van der Waals surface area contributed by atoms with Crippen LogP contribution in [-0.2, 0) is 9.53 Å². The summed E-state index contributed by atoms with van der Waals surface area (Å²) in [4.78, 5) is 39.8. The van der Waals surface area contributed by atoms with Crippen LogP contribution in [0.1, 0.15) is 93.2 Å². The van der Waals surface area contributed by atoms with Gasteiger partial charge in [0.05, 0.1) is 40.4 Å². The van der Waals surface area contributed by atoms with Gasteiger partial charge in [-0.3, -0.25) is 24.5 Å². The molecule has 2 N–H and O–H groups in total. The number of nitrogens with one attached hydrogen (secondary N) is 2. The number of carbonyl (C=O) groups excluding carboxylic acids is 2. The Morgan fingerprint density at radius 1 is 1.17 bits per heavy atom. The maximum atomic E-state index is 13.5. The number of thioether (sulfide) groups is 1. The lowest BCUT2D eigenvalue weighted by Gasteiger charge is -2.38. The van der Waals surface area contributed by atoms with Gasteiger partial charge in [0, 0.05) is 64.7 Å². The molecule has 1 saturated heterocycles. The number of rotatable bonds is 10. The predicted molar refractivity (Wildman–Crippen MR) is 191 cm³/mol. The molecule has 5 heterocycles. The molecular weight excluding hydrogens is 634 g/mol. The number of aromatic nitrogens is 2. The van der Waals surface area contributed by atoms with Crippen LogP contribution in [0.3, 0.4) is 0 Å². The van der Waals surface area contributed by atoms with Crippen LogP contribution in [0.25, 0.3) is 4.91 Å². The highest BCUT2D eigenvalue weighted by Gasteiger charge is 2.38. The molecule has 4 aliphatic rings. The maximum Gasteiger partial charge on any atom is 0.254 e. The van der Waals surface area contributed by atoms with Crippen LogP contribution < -0.4 is 10.6 Å². The minimum absolute atomic E-state index is 0.174. The van der Waals surface area contributed by atoms with Crippen LogP contribution in [0, 0.1) is 19.8 Å². The van der Waals surface area contributed by atoms with E-state index in [1.165, 1.54) is 32.1 Å². The third-order valence-corrected chi connectivity index (χ3v) is 11.2. The molecule has 254 valence electrons. The monoisotopic (exact) mass is 681 g/mol. The number of nitrogens with zero attached hydrogens (tertiary/aromatic N) is 3. The Bertz CT molecular complexity index is 1530. The van der Waals surface area contributed by atoms with Gasteiger partial charge in [0.2, 0.25) is 0 Å². The fourth-order valence-corrected chi connectivity index (χ4v) is 8.23. The lowest BCUT2D eigenvalue weighted by atomic mass is 9.84. The highest BCUT2D eigenvalue weighted by molar-refractivity contribution is 8.11. The van der Waals surface area contributed by atoms with Gasteiger partial charge < -0.3 is 15.4 Å². The summed E-state index contributed by atoms with van der Waals surface area (Å²) in [6.07, 6.45) is 11.8. The number of amides is 2. The molecule has 6 rings (SSSR count). The Morgan fingerprint density at radius 2 is 1.98 bits per heavy atom. The molecule has 47 heavy (non-hydrogen) atoms. The second-order valence-corrected chi connectivity index (χ2v) is 15.6. The van der Waals surface area contributed by atoms with E-state index in [9.17, 15) is 13.5 Å². The number of halogens is 1. The van der Waals surface area contributed by atoms with Crippen molar-refractivity contribution in [2.24, 2.45) is 5.92 Å². The summed E-state index contributed by atoms with van der Waals surface area (Å²) in [6.45, 7) is 13.0. The standard InChI is InChI=1S/C30H37N5O3S.C6H11FS/c1-19-8-6-9-23(33-19)26-16-30(5)15-25(39-26)22(18-38-30)28(37)34-24-14-21(17-32-20(24)2)27(36)31-11-13-35-12-7-10-29(35,3)4;7-8-5-4-6-2-1-3-6/h6,8-9,14,16-17H,7,10-13,15,18H2,1-5H3,(H,31,36)(H,34,37);6H,1-5H2. The van der Waals surface area contributed by atoms with Crippen molar-refractivity contribution in [2.45, 2.75) is 90.7 Å². The number of aryl methyl sites for hydroxylation is 2. The average Bonchev–Trinajstić information content (AvgIpc) is 3.34. The molecular formula is C36H48FN5O3S2. The molecule has 2 amide bonds. The summed E-state index contributed by atoms with van der Waals surface area (Å²) in [7, 11) is 0. The molecule has 1 unspecified atom stereocenters. The molecule has 1 aliphatic carbocycles. The summed E-state index contributed by atoms with van der Waals surface area (Å²) in [5, 5.41) is 6.00. The molecule has 2 aromatic rings. The maximum absolute atomic E-state index is 13.5. The van der Waals surface area contributed by atoms with Crippen LogP contribution in [0.2, 0.25) is 0 Å². The fourth-order valence-electron chi connectivity index (χ4n) is 6.38. The fraction of sp³-hybridized carbons (Fsp3) is 0.556. The number of hydrogen-bond donors (Lipinski definition) is 2. The van der Waals surface area contributed by atoms with Crippen molar-refractivity contribution < 1.29 is 18.2 Å². The smallest absolute Gasteiger partial charge is 0.254 e. The zero-order valence-corrected chi connectivity index (χ0v) is 29.9. The number of pyridine rings is 2. The number of anilines is 1. The van der Waals surface area contributed by atoms with Crippen molar-refractivity contribution in [3.8, 4) is 0 Å². The summed E-state index contributed by atoms with van der Waals surface area (Å²) < 4.78 is 17.6. The third-order valence-electron chi connectivity index (χ3n) is 9.64. The van der Waals surface area contributed by atoms with Gasteiger partial charge in [-0.05, 0) is 90.6 Å². The van der Waals surface area contributed by atoms with Crippen LogP contribution in [0.15, 0.2) is 47.0 Å². The van der Waals surface area contributed by atoms with E-state index in [0.717, 1.165) is 46.6 Å². The molecule has 8 nitrogen and oxygen atoms in total. The zero-order valence-electron chi connectivity index (χ0n) is 28.3. The third kappa shape index (κ3) is 9.25. The summed E-state index contributed by atoms with van der Waals surface area (Å²) in [5.41, 5.74) is 3.69. The van der Waals surface area contributed by atoms with E-state index in [4.69, 9.17) is 4.74 Å². The Kier molecular flexibility index (Phi) is 11.9. The molecule has 0 aromatic carbocycles. The number of fused-ring (bicyclic) bond motifs is 2. The molecule has 1 atom stereocenters. The first-order valence-electron chi connectivity index (χ1n) is 16.7. The van der Waals surface area contributed by atoms with Crippen LogP contribution in [-0.4, -0.2) is 69.8 Å². The van der Waals surface area contributed by atoms with Gasteiger partial charge in [-0.2, -0.15) is 3.89 Å². The first kappa shape index (κ1) is 35.6. The number of likely N-dealkylation sites (tertiary alicyclic amines) is 1. The number of hydrogen-bond acceptors (Lipinski definition) is 8. The minimum Gasteiger partial charge on any atom is -0.366 e. The number of ether oxygens (including phenoxy) is 1. The van der Waals surface area contributed by atoms with Crippen molar-refractivity contribution in [2.75, 3.05) is 37.3 Å². The van der Waals surface area contributed by atoms with Crippen LogP contribution >= 0.6 is 23.9 Å². The number of carbonyl (C=O) groups is 2.